The first kappa shape index (κ1) is 22.5. The summed E-state index contributed by atoms with van der Waals surface area (Å²) in [6.07, 6.45) is 1.42. The van der Waals surface area contributed by atoms with Gasteiger partial charge >= 0.3 is 12.0 Å². The number of amides is 3. The van der Waals surface area contributed by atoms with Crippen LogP contribution in [0.4, 0.5) is 22.0 Å². The van der Waals surface area contributed by atoms with Gasteiger partial charge in [-0.25, -0.2) is 9.78 Å². The first-order valence-electron chi connectivity index (χ1n) is 9.72. The molecule has 3 aromatic rings. The summed E-state index contributed by atoms with van der Waals surface area (Å²) in [6.45, 7) is 7.16. The van der Waals surface area contributed by atoms with E-state index in [0.29, 0.717) is 23.0 Å². The Hall–Kier alpha value is -4.21. The molecule has 1 aromatic carbocycles. The molecule has 0 aliphatic heterocycles. The summed E-state index contributed by atoms with van der Waals surface area (Å²) in [5, 5.41) is 11.8. The molecule has 0 spiro atoms. The number of esters is 1. The Morgan fingerprint density at radius 1 is 0.969 bits per heavy atom. The maximum atomic E-state index is 12.5. The van der Waals surface area contributed by atoms with Gasteiger partial charge in [0.1, 0.15) is 5.76 Å². The van der Waals surface area contributed by atoms with E-state index in [1.165, 1.54) is 19.2 Å². The lowest BCUT2D eigenvalue weighted by atomic mass is 9.93. The fourth-order valence-electron chi connectivity index (χ4n) is 2.59. The van der Waals surface area contributed by atoms with Gasteiger partial charge in [-0.05, 0) is 36.4 Å². The highest BCUT2D eigenvalue weighted by molar-refractivity contribution is 6.05. The second-order valence-corrected chi connectivity index (χ2v) is 7.88. The number of ether oxygens (including phenoxy) is 1. The lowest BCUT2D eigenvalue weighted by Gasteiger charge is -2.12. The number of benzene rings is 1. The average molecular weight is 437 g/mol. The molecule has 0 fully saturated rings. The molecule has 0 aliphatic rings. The summed E-state index contributed by atoms with van der Waals surface area (Å²) in [4.78, 5) is 39.9. The molecule has 0 saturated carbocycles. The van der Waals surface area contributed by atoms with Crippen molar-refractivity contribution in [1.29, 1.82) is 0 Å². The molecule has 3 N–H and O–H groups in total. The Balaban J connectivity index is 1.59. The quantitative estimate of drug-likeness (QED) is 0.509. The van der Waals surface area contributed by atoms with Crippen molar-refractivity contribution in [2.75, 3.05) is 16.0 Å². The molecule has 0 radical (unpaired) electrons. The second-order valence-electron chi connectivity index (χ2n) is 7.88. The van der Waals surface area contributed by atoms with Gasteiger partial charge in [0, 0.05) is 36.0 Å². The van der Waals surface area contributed by atoms with Gasteiger partial charge in [-0.15, -0.1) is 0 Å². The Kier molecular flexibility index (Phi) is 6.53. The zero-order chi connectivity index (χ0) is 23.3. The molecule has 0 bridgehead atoms. The molecule has 0 saturated heterocycles. The summed E-state index contributed by atoms with van der Waals surface area (Å²) in [5.41, 5.74) is 0.717. The fourth-order valence-corrected chi connectivity index (χ4v) is 2.59. The zero-order valence-corrected chi connectivity index (χ0v) is 18.1. The zero-order valence-electron chi connectivity index (χ0n) is 18.1. The van der Waals surface area contributed by atoms with Crippen LogP contribution >= 0.6 is 0 Å². The van der Waals surface area contributed by atoms with Gasteiger partial charge in [0.15, 0.2) is 17.3 Å². The van der Waals surface area contributed by atoms with Crippen molar-refractivity contribution < 1.29 is 23.6 Å². The second kappa shape index (κ2) is 9.29. The molecule has 32 heavy (non-hydrogen) atoms. The minimum Gasteiger partial charge on any atom is -0.424 e. The van der Waals surface area contributed by atoms with Crippen LogP contribution in [0.5, 0.6) is 5.75 Å². The molecule has 0 atom stereocenters. The van der Waals surface area contributed by atoms with Crippen LogP contribution in [-0.4, -0.2) is 28.0 Å². The van der Waals surface area contributed by atoms with E-state index in [9.17, 15) is 14.4 Å². The van der Waals surface area contributed by atoms with Gasteiger partial charge in [-0.1, -0.05) is 25.9 Å². The van der Waals surface area contributed by atoms with Crippen LogP contribution in [0.1, 0.15) is 43.9 Å². The van der Waals surface area contributed by atoms with E-state index in [2.05, 4.69) is 26.1 Å². The number of rotatable bonds is 5. The number of carbonyl (C=O) groups is 3. The monoisotopic (exact) mass is 437 g/mol. The van der Waals surface area contributed by atoms with E-state index in [0.717, 1.165) is 0 Å². The van der Waals surface area contributed by atoms with Crippen LogP contribution in [0, 0.1) is 0 Å². The molecule has 10 nitrogen and oxygen atoms in total. The number of nitrogens with one attached hydrogen (secondary N) is 3. The van der Waals surface area contributed by atoms with Crippen molar-refractivity contribution in [3.8, 4) is 5.75 Å². The number of pyridine rings is 1. The number of aromatic nitrogens is 2. The van der Waals surface area contributed by atoms with Crippen LogP contribution in [0.25, 0.3) is 0 Å². The third-order valence-corrected chi connectivity index (χ3v) is 4.13. The summed E-state index contributed by atoms with van der Waals surface area (Å²) in [5.74, 6) is -0.0789. The van der Waals surface area contributed by atoms with Crippen LogP contribution in [0.2, 0.25) is 0 Å². The Morgan fingerprint density at radius 2 is 1.62 bits per heavy atom. The predicted octanol–water partition coefficient (Wildman–Crippen LogP) is 4.19. The molecular formula is C22H23N5O5. The summed E-state index contributed by atoms with van der Waals surface area (Å²) in [6, 6.07) is 10.7. The van der Waals surface area contributed by atoms with E-state index >= 15 is 0 Å². The Bertz CT molecular complexity index is 1130. The van der Waals surface area contributed by atoms with Crippen LogP contribution in [0.3, 0.4) is 0 Å². The van der Waals surface area contributed by atoms with Crippen LogP contribution < -0.4 is 20.7 Å². The van der Waals surface area contributed by atoms with Crippen molar-refractivity contribution >= 4 is 35.1 Å². The lowest BCUT2D eigenvalue weighted by molar-refractivity contribution is -0.131. The topological polar surface area (TPSA) is 135 Å². The van der Waals surface area contributed by atoms with Crippen molar-refractivity contribution in [3.05, 3.63) is 60.1 Å². The molecule has 2 heterocycles. The highest BCUT2D eigenvalue weighted by Gasteiger charge is 2.20. The van der Waals surface area contributed by atoms with Crippen molar-refractivity contribution in [1.82, 2.24) is 10.1 Å². The van der Waals surface area contributed by atoms with Gasteiger partial charge in [-0.2, -0.15) is 0 Å². The van der Waals surface area contributed by atoms with Crippen LogP contribution in [-0.2, 0) is 10.2 Å². The van der Waals surface area contributed by atoms with Crippen molar-refractivity contribution in [2.45, 2.75) is 33.1 Å². The highest BCUT2D eigenvalue weighted by atomic mass is 16.5. The molecule has 3 rings (SSSR count). The molecule has 166 valence electrons. The molecule has 2 aromatic heterocycles. The number of hydrogen-bond donors (Lipinski definition) is 3. The number of carbonyl (C=O) groups excluding carboxylic acids is 3. The highest BCUT2D eigenvalue weighted by Crippen LogP contribution is 2.24. The standard InChI is InChI=1S/C22H23N5O5/c1-13(28)31-16-6-5-11-23-19(16)20(29)24-14-7-9-15(10-8-14)25-21(30)26-18-12-17(32-27-18)22(2,3)4/h5-12H,1-4H3,(H,24,29)(H2,25,26,27,30). The minimum atomic E-state index is -0.555. The Morgan fingerprint density at radius 3 is 2.22 bits per heavy atom. The van der Waals surface area contributed by atoms with Gasteiger partial charge in [-0.3, -0.25) is 14.9 Å². The van der Waals surface area contributed by atoms with Gasteiger partial charge in [0.25, 0.3) is 5.91 Å². The van der Waals surface area contributed by atoms with E-state index in [-0.39, 0.29) is 16.9 Å². The SMILES string of the molecule is CC(=O)Oc1cccnc1C(=O)Nc1ccc(NC(=O)Nc2cc(C(C)(C)C)on2)cc1. The van der Waals surface area contributed by atoms with E-state index in [4.69, 9.17) is 9.26 Å². The normalized spacial score (nSPS) is 10.9. The molecule has 10 heteroatoms. The van der Waals surface area contributed by atoms with Crippen molar-refractivity contribution in [3.63, 3.8) is 0 Å². The summed E-state index contributed by atoms with van der Waals surface area (Å²) >= 11 is 0. The maximum Gasteiger partial charge on any atom is 0.324 e. The number of urea groups is 1. The van der Waals surface area contributed by atoms with E-state index in [1.54, 1.807) is 36.4 Å². The number of hydrogen-bond acceptors (Lipinski definition) is 7. The summed E-state index contributed by atoms with van der Waals surface area (Å²) in [7, 11) is 0. The predicted molar refractivity (Wildman–Crippen MR) is 118 cm³/mol. The van der Waals surface area contributed by atoms with Crippen molar-refractivity contribution in [2.24, 2.45) is 0 Å². The maximum absolute atomic E-state index is 12.5. The minimum absolute atomic E-state index is 0.0217. The van der Waals surface area contributed by atoms with Crippen LogP contribution in [0.15, 0.2) is 53.2 Å². The largest absolute Gasteiger partial charge is 0.424 e. The third kappa shape index (κ3) is 5.91. The lowest BCUT2D eigenvalue weighted by Crippen LogP contribution is -2.20. The van der Waals surface area contributed by atoms with Gasteiger partial charge in [0.05, 0.1) is 0 Å². The van der Waals surface area contributed by atoms with E-state index in [1.807, 2.05) is 20.8 Å². The van der Waals surface area contributed by atoms with Gasteiger partial charge in [0.2, 0.25) is 0 Å². The summed E-state index contributed by atoms with van der Waals surface area (Å²) < 4.78 is 10.2. The number of anilines is 3. The fraction of sp³-hybridized carbons (Fsp3) is 0.227. The Labute approximate surface area is 184 Å². The molecular weight excluding hydrogens is 414 g/mol. The third-order valence-electron chi connectivity index (χ3n) is 4.13. The first-order chi connectivity index (χ1) is 15.1. The van der Waals surface area contributed by atoms with E-state index < -0.39 is 17.9 Å². The first-order valence-corrected chi connectivity index (χ1v) is 9.72. The smallest absolute Gasteiger partial charge is 0.324 e. The molecule has 0 aliphatic carbocycles. The number of nitrogens with zero attached hydrogens (tertiary/aromatic N) is 2. The molecule has 0 unspecified atom stereocenters. The molecule has 3 amide bonds. The average Bonchev–Trinajstić information content (AvgIpc) is 3.18. The van der Waals surface area contributed by atoms with Gasteiger partial charge < -0.3 is 19.9 Å².